The van der Waals surface area contributed by atoms with Gasteiger partial charge in [-0.05, 0) is 31.2 Å². The van der Waals surface area contributed by atoms with Crippen molar-refractivity contribution >= 4 is 0 Å². The molecular formula is C13H10FN3O. The molecule has 2 rings (SSSR count). The Labute approximate surface area is 104 Å². The fourth-order valence-corrected chi connectivity index (χ4v) is 1.51. The second-order valence-electron chi connectivity index (χ2n) is 3.46. The van der Waals surface area contributed by atoms with Gasteiger partial charge < -0.3 is 4.74 Å². The Morgan fingerprint density at radius 1 is 1.39 bits per heavy atom. The molecule has 0 bridgehead atoms. The monoisotopic (exact) mass is 243 g/mol. The molecule has 0 aliphatic carbocycles. The van der Waals surface area contributed by atoms with Crippen LogP contribution in [0, 0.1) is 17.1 Å². The second kappa shape index (κ2) is 5.23. The number of hydrogen-bond acceptors (Lipinski definition) is 4. The summed E-state index contributed by atoms with van der Waals surface area (Å²) in [6.07, 6.45) is 1.47. The van der Waals surface area contributed by atoms with Crippen molar-refractivity contribution in [3.63, 3.8) is 0 Å². The lowest BCUT2D eigenvalue weighted by Gasteiger charge is -2.06. The summed E-state index contributed by atoms with van der Waals surface area (Å²) in [6.45, 7) is 2.19. The molecule has 0 unspecified atom stereocenters. The standard InChI is InChI=1S/C13H10FN3O/c1-2-18-12-4-3-9(7-10(12)14)11-5-6-16-13(8-15)17-11/h3-7H,2H2,1H3. The van der Waals surface area contributed by atoms with Crippen LogP contribution in [0.4, 0.5) is 4.39 Å². The van der Waals surface area contributed by atoms with E-state index in [0.29, 0.717) is 17.9 Å². The van der Waals surface area contributed by atoms with E-state index >= 15 is 0 Å². The van der Waals surface area contributed by atoms with E-state index in [2.05, 4.69) is 9.97 Å². The van der Waals surface area contributed by atoms with Gasteiger partial charge >= 0.3 is 0 Å². The lowest BCUT2D eigenvalue weighted by atomic mass is 10.1. The van der Waals surface area contributed by atoms with Gasteiger partial charge in [0, 0.05) is 11.8 Å². The molecule has 4 nitrogen and oxygen atoms in total. The van der Waals surface area contributed by atoms with Crippen LogP contribution in [0.5, 0.6) is 5.75 Å². The van der Waals surface area contributed by atoms with Crippen molar-refractivity contribution in [2.24, 2.45) is 0 Å². The molecule has 1 aromatic carbocycles. The van der Waals surface area contributed by atoms with Crippen molar-refractivity contribution in [3.8, 4) is 23.1 Å². The molecule has 0 fully saturated rings. The number of nitrogens with zero attached hydrogens (tertiary/aromatic N) is 3. The largest absolute Gasteiger partial charge is 0.491 e. The predicted octanol–water partition coefficient (Wildman–Crippen LogP) is 2.55. The summed E-state index contributed by atoms with van der Waals surface area (Å²) < 4.78 is 18.8. The maximum Gasteiger partial charge on any atom is 0.232 e. The molecule has 90 valence electrons. The molecule has 1 heterocycles. The third kappa shape index (κ3) is 2.43. The van der Waals surface area contributed by atoms with Crippen LogP contribution in [-0.4, -0.2) is 16.6 Å². The molecule has 5 heteroatoms. The molecule has 0 atom stereocenters. The quantitative estimate of drug-likeness (QED) is 0.831. The van der Waals surface area contributed by atoms with E-state index in [-0.39, 0.29) is 11.6 Å². The van der Waals surface area contributed by atoms with Crippen LogP contribution in [-0.2, 0) is 0 Å². The third-order valence-electron chi connectivity index (χ3n) is 2.28. The van der Waals surface area contributed by atoms with E-state index in [0.717, 1.165) is 0 Å². The van der Waals surface area contributed by atoms with Gasteiger partial charge in [-0.3, -0.25) is 0 Å². The highest BCUT2D eigenvalue weighted by Gasteiger charge is 2.07. The molecule has 0 spiro atoms. The van der Waals surface area contributed by atoms with Gasteiger partial charge in [-0.2, -0.15) is 5.26 Å². The number of hydrogen-bond donors (Lipinski definition) is 0. The average Bonchev–Trinajstić information content (AvgIpc) is 2.41. The molecule has 1 aromatic heterocycles. The summed E-state index contributed by atoms with van der Waals surface area (Å²) in [5.41, 5.74) is 1.08. The van der Waals surface area contributed by atoms with Gasteiger partial charge in [0.25, 0.3) is 0 Å². The summed E-state index contributed by atoms with van der Waals surface area (Å²) in [5, 5.41) is 8.71. The number of halogens is 1. The van der Waals surface area contributed by atoms with E-state index in [9.17, 15) is 4.39 Å². The second-order valence-corrected chi connectivity index (χ2v) is 3.46. The minimum Gasteiger partial charge on any atom is -0.491 e. The van der Waals surface area contributed by atoms with Crippen LogP contribution >= 0.6 is 0 Å². The molecule has 2 aromatic rings. The zero-order valence-electron chi connectivity index (χ0n) is 9.72. The first-order chi connectivity index (χ1) is 8.74. The van der Waals surface area contributed by atoms with Gasteiger partial charge in [0.2, 0.25) is 5.82 Å². The summed E-state index contributed by atoms with van der Waals surface area (Å²) in [5.74, 6) is -0.191. The summed E-state index contributed by atoms with van der Waals surface area (Å²) >= 11 is 0. The van der Waals surface area contributed by atoms with E-state index in [1.807, 2.05) is 6.07 Å². The Morgan fingerprint density at radius 3 is 2.89 bits per heavy atom. The first-order valence-electron chi connectivity index (χ1n) is 5.40. The zero-order chi connectivity index (χ0) is 13.0. The van der Waals surface area contributed by atoms with Gasteiger partial charge in [-0.15, -0.1) is 0 Å². The van der Waals surface area contributed by atoms with Crippen LogP contribution < -0.4 is 4.74 Å². The van der Waals surface area contributed by atoms with Gasteiger partial charge in [-0.1, -0.05) is 0 Å². The van der Waals surface area contributed by atoms with Crippen molar-refractivity contribution < 1.29 is 9.13 Å². The lowest BCUT2D eigenvalue weighted by Crippen LogP contribution is -1.96. The first-order valence-corrected chi connectivity index (χ1v) is 5.40. The smallest absolute Gasteiger partial charge is 0.232 e. The minimum absolute atomic E-state index is 0.0572. The van der Waals surface area contributed by atoms with Crippen LogP contribution in [0.1, 0.15) is 12.7 Å². The van der Waals surface area contributed by atoms with E-state index < -0.39 is 5.82 Å². The van der Waals surface area contributed by atoms with E-state index in [1.165, 1.54) is 12.3 Å². The Morgan fingerprint density at radius 2 is 2.22 bits per heavy atom. The summed E-state index contributed by atoms with van der Waals surface area (Å²) in [4.78, 5) is 7.76. The first kappa shape index (κ1) is 12.0. The number of aromatic nitrogens is 2. The topological polar surface area (TPSA) is 58.8 Å². The zero-order valence-corrected chi connectivity index (χ0v) is 9.72. The lowest BCUT2D eigenvalue weighted by molar-refractivity contribution is 0.321. The van der Waals surface area contributed by atoms with Gasteiger partial charge in [-0.25, -0.2) is 14.4 Å². The van der Waals surface area contributed by atoms with E-state index in [1.54, 1.807) is 25.1 Å². The van der Waals surface area contributed by atoms with Gasteiger partial charge in [0.05, 0.1) is 12.3 Å². The fourth-order valence-electron chi connectivity index (χ4n) is 1.51. The van der Waals surface area contributed by atoms with Crippen LogP contribution in [0.15, 0.2) is 30.5 Å². The maximum atomic E-state index is 13.7. The Kier molecular flexibility index (Phi) is 3.49. The molecule has 18 heavy (non-hydrogen) atoms. The highest BCUT2D eigenvalue weighted by atomic mass is 19.1. The number of ether oxygens (including phenoxy) is 1. The summed E-state index contributed by atoms with van der Waals surface area (Å²) in [7, 11) is 0. The van der Waals surface area contributed by atoms with Crippen molar-refractivity contribution in [1.29, 1.82) is 5.26 Å². The third-order valence-corrected chi connectivity index (χ3v) is 2.28. The molecule has 0 N–H and O–H groups in total. The Hall–Kier alpha value is -2.48. The van der Waals surface area contributed by atoms with E-state index in [4.69, 9.17) is 10.00 Å². The minimum atomic E-state index is -0.452. The number of rotatable bonds is 3. The van der Waals surface area contributed by atoms with Crippen molar-refractivity contribution in [3.05, 3.63) is 42.1 Å². The number of nitriles is 1. The maximum absolute atomic E-state index is 13.7. The molecule has 0 radical (unpaired) electrons. The average molecular weight is 243 g/mol. The Bertz CT molecular complexity index is 607. The number of benzene rings is 1. The molecule has 0 saturated carbocycles. The molecule has 0 aliphatic heterocycles. The Balaban J connectivity index is 2.39. The predicted molar refractivity (Wildman–Crippen MR) is 63.3 cm³/mol. The van der Waals surface area contributed by atoms with Crippen molar-refractivity contribution in [2.45, 2.75) is 6.92 Å². The highest BCUT2D eigenvalue weighted by molar-refractivity contribution is 5.60. The fraction of sp³-hybridized carbons (Fsp3) is 0.154. The highest BCUT2D eigenvalue weighted by Crippen LogP contribution is 2.24. The van der Waals surface area contributed by atoms with Crippen LogP contribution in [0.25, 0.3) is 11.3 Å². The summed E-state index contributed by atoms with van der Waals surface area (Å²) in [6, 6.07) is 8.03. The van der Waals surface area contributed by atoms with Crippen LogP contribution in [0.2, 0.25) is 0 Å². The molecular weight excluding hydrogens is 233 g/mol. The van der Waals surface area contributed by atoms with Gasteiger partial charge in [0.15, 0.2) is 11.6 Å². The van der Waals surface area contributed by atoms with Crippen molar-refractivity contribution in [2.75, 3.05) is 6.61 Å². The molecule has 0 aliphatic rings. The van der Waals surface area contributed by atoms with Crippen molar-refractivity contribution in [1.82, 2.24) is 9.97 Å². The van der Waals surface area contributed by atoms with Gasteiger partial charge in [0.1, 0.15) is 6.07 Å². The SMILES string of the molecule is CCOc1ccc(-c2ccnc(C#N)n2)cc1F. The molecule has 0 saturated heterocycles. The molecule has 0 amide bonds. The van der Waals surface area contributed by atoms with Crippen LogP contribution in [0.3, 0.4) is 0 Å². The normalized spacial score (nSPS) is 9.83.